The first-order valence-corrected chi connectivity index (χ1v) is 3.75. The van der Waals surface area contributed by atoms with Gasteiger partial charge in [-0.15, -0.1) is 0 Å². The predicted molar refractivity (Wildman–Crippen MR) is 44.4 cm³/mol. The molecule has 0 heterocycles. The summed E-state index contributed by atoms with van der Waals surface area (Å²) < 4.78 is 28.6. The van der Waals surface area contributed by atoms with Crippen LogP contribution in [0.2, 0.25) is 0 Å². The number of phenols is 1. The average molecular weight is 202 g/mol. The fourth-order valence-corrected chi connectivity index (χ4v) is 0.967. The van der Waals surface area contributed by atoms with Crippen molar-refractivity contribution < 1.29 is 23.4 Å². The Bertz CT molecular complexity index is 350. The molecule has 0 aliphatic carbocycles. The van der Waals surface area contributed by atoms with Crippen molar-refractivity contribution in [1.82, 2.24) is 0 Å². The summed E-state index contributed by atoms with van der Waals surface area (Å²) in [7, 11) is 1.14. The summed E-state index contributed by atoms with van der Waals surface area (Å²) in [6.07, 6.45) is -2.67. The number of hydrogen-bond acceptors (Lipinski definition) is 3. The zero-order chi connectivity index (χ0) is 10.7. The van der Waals surface area contributed by atoms with Gasteiger partial charge in [0, 0.05) is 5.56 Å². The Balaban J connectivity index is 3.07. The lowest BCUT2D eigenvalue weighted by Gasteiger charge is -2.04. The molecule has 3 nitrogen and oxygen atoms in total. The van der Waals surface area contributed by atoms with Gasteiger partial charge >= 0.3 is 5.97 Å². The molecule has 0 amide bonds. The molecule has 1 aromatic carbocycles. The zero-order valence-corrected chi connectivity index (χ0v) is 7.33. The zero-order valence-electron chi connectivity index (χ0n) is 7.33. The Labute approximate surface area is 78.9 Å². The van der Waals surface area contributed by atoms with Gasteiger partial charge in [0.15, 0.2) is 0 Å². The lowest BCUT2D eigenvalue weighted by Crippen LogP contribution is -2.01. The van der Waals surface area contributed by atoms with Gasteiger partial charge in [-0.1, -0.05) is 6.07 Å². The molecule has 0 saturated carbocycles. The summed E-state index contributed by atoms with van der Waals surface area (Å²) >= 11 is 0. The third kappa shape index (κ3) is 1.99. The highest BCUT2D eigenvalue weighted by Crippen LogP contribution is 2.25. The van der Waals surface area contributed by atoms with Crippen LogP contribution in [0.15, 0.2) is 18.2 Å². The minimum atomic E-state index is -2.67. The average Bonchev–Trinajstić information content (AvgIpc) is 2.16. The monoisotopic (exact) mass is 202 g/mol. The number of carbonyl (C=O) groups excluding carboxylic acids is 1. The van der Waals surface area contributed by atoms with E-state index >= 15 is 0 Å². The van der Waals surface area contributed by atoms with Crippen LogP contribution in [0.1, 0.15) is 22.3 Å². The molecule has 5 heteroatoms. The summed E-state index contributed by atoms with van der Waals surface area (Å²) in [5.41, 5.74) is -0.466. The van der Waals surface area contributed by atoms with E-state index in [4.69, 9.17) is 0 Å². The number of rotatable bonds is 2. The van der Waals surface area contributed by atoms with E-state index in [1.54, 1.807) is 0 Å². The van der Waals surface area contributed by atoms with Crippen LogP contribution >= 0.6 is 0 Å². The molecule has 1 N–H and O–H groups in total. The van der Waals surface area contributed by atoms with Crippen molar-refractivity contribution in [1.29, 1.82) is 0 Å². The van der Waals surface area contributed by atoms with Crippen molar-refractivity contribution >= 4 is 5.97 Å². The second-order valence-electron chi connectivity index (χ2n) is 2.57. The smallest absolute Gasteiger partial charge is 0.341 e. The van der Waals surface area contributed by atoms with Gasteiger partial charge < -0.3 is 9.84 Å². The molecule has 0 fully saturated rings. The lowest BCUT2D eigenvalue weighted by atomic mass is 10.1. The van der Waals surface area contributed by atoms with Crippen molar-refractivity contribution in [2.75, 3.05) is 7.11 Å². The first-order valence-electron chi connectivity index (χ1n) is 3.75. The van der Waals surface area contributed by atoms with E-state index in [2.05, 4.69) is 4.74 Å². The van der Waals surface area contributed by atoms with Crippen molar-refractivity contribution in [2.24, 2.45) is 0 Å². The van der Waals surface area contributed by atoms with Crippen LogP contribution in [0.5, 0.6) is 5.75 Å². The number of carbonyl (C=O) groups is 1. The quantitative estimate of drug-likeness (QED) is 0.747. The third-order valence-electron chi connectivity index (χ3n) is 1.68. The molecular weight excluding hydrogens is 194 g/mol. The topological polar surface area (TPSA) is 46.5 Å². The lowest BCUT2D eigenvalue weighted by molar-refractivity contribution is 0.0597. The molecule has 0 spiro atoms. The number of benzene rings is 1. The van der Waals surface area contributed by atoms with Crippen LogP contribution in [-0.2, 0) is 4.74 Å². The predicted octanol–water partition coefficient (Wildman–Crippen LogP) is 2.12. The number of aromatic hydroxyl groups is 1. The van der Waals surface area contributed by atoms with E-state index < -0.39 is 18.1 Å². The molecule has 76 valence electrons. The van der Waals surface area contributed by atoms with E-state index in [-0.39, 0.29) is 11.1 Å². The standard InChI is InChI=1S/C9H8F2O3/c1-14-9(13)6-3-2-5(8(10)11)4-7(6)12/h2-4,8,12H,1H3. The Morgan fingerprint density at radius 1 is 1.50 bits per heavy atom. The molecule has 0 atom stereocenters. The number of ether oxygens (including phenoxy) is 1. The highest BCUT2D eigenvalue weighted by Gasteiger charge is 2.14. The minimum Gasteiger partial charge on any atom is -0.507 e. The molecule has 0 bridgehead atoms. The van der Waals surface area contributed by atoms with E-state index in [0.29, 0.717) is 0 Å². The molecule has 1 rings (SSSR count). The SMILES string of the molecule is COC(=O)c1ccc(C(F)F)cc1O. The van der Waals surface area contributed by atoms with Crippen LogP contribution < -0.4 is 0 Å². The van der Waals surface area contributed by atoms with Gasteiger partial charge in [-0.05, 0) is 12.1 Å². The molecule has 0 aromatic heterocycles. The largest absolute Gasteiger partial charge is 0.507 e. The van der Waals surface area contributed by atoms with Crippen LogP contribution in [0.3, 0.4) is 0 Å². The van der Waals surface area contributed by atoms with E-state index in [0.717, 1.165) is 25.3 Å². The minimum absolute atomic E-state index is 0.128. The van der Waals surface area contributed by atoms with Crippen LogP contribution in [0, 0.1) is 0 Å². The maximum atomic E-state index is 12.1. The number of hydrogen-bond donors (Lipinski definition) is 1. The van der Waals surface area contributed by atoms with Gasteiger partial charge in [0.1, 0.15) is 11.3 Å². The second kappa shape index (κ2) is 4.04. The Kier molecular flexibility index (Phi) is 3.01. The first-order chi connectivity index (χ1) is 6.56. The van der Waals surface area contributed by atoms with Gasteiger partial charge in [-0.2, -0.15) is 0 Å². The van der Waals surface area contributed by atoms with Gasteiger partial charge in [0.05, 0.1) is 7.11 Å². The van der Waals surface area contributed by atoms with Crippen molar-refractivity contribution in [3.63, 3.8) is 0 Å². The summed E-state index contributed by atoms with van der Waals surface area (Å²) in [4.78, 5) is 10.9. The highest BCUT2D eigenvalue weighted by atomic mass is 19.3. The Morgan fingerprint density at radius 3 is 2.57 bits per heavy atom. The van der Waals surface area contributed by atoms with Crippen molar-refractivity contribution in [3.05, 3.63) is 29.3 Å². The number of methoxy groups -OCH3 is 1. The Hall–Kier alpha value is -1.65. The summed E-state index contributed by atoms with van der Waals surface area (Å²) in [6.45, 7) is 0. The molecule has 0 aliphatic rings. The number of alkyl halides is 2. The van der Waals surface area contributed by atoms with Crippen LogP contribution in [0.4, 0.5) is 8.78 Å². The number of phenolic OH excluding ortho intramolecular Hbond substituents is 1. The van der Waals surface area contributed by atoms with Crippen LogP contribution in [0.25, 0.3) is 0 Å². The summed E-state index contributed by atoms with van der Waals surface area (Å²) in [6, 6.07) is 3.01. The Morgan fingerprint density at radius 2 is 2.14 bits per heavy atom. The van der Waals surface area contributed by atoms with Gasteiger partial charge in [0.2, 0.25) is 0 Å². The molecule has 0 aliphatic heterocycles. The summed E-state index contributed by atoms with van der Waals surface area (Å²) in [5, 5.41) is 9.21. The maximum absolute atomic E-state index is 12.1. The molecule has 1 aromatic rings. The van der Waals surface area contributed by atoms with Gasteiger partial charge in [0.25, 0.3) is 6.43 Å². The molecule has 0 unspecified atom stereocenters. The fraction of sp³-hybridized carbons (Fsp3) is 0.222. The molecule has 14 heavy (non-hydrogen) atoms. The number of halogens is 2. The van der Waals surface area contributed by atoms with Crippen molar-refractivity contribution in [3.8, 4) is 5.75 Å². The molecule has 0 saturated heterocycles. The van der Waals surface area contributed by atoms with Gasteiger partial charge in [-0.3, -0.25) is 0 Å². The fourth-order valence-electron chi connectivity index (χ4n) is 0.967. The molecular formula is C9H8F2O3. The maximum Gasteiger partial charge on any atom is 0.341 e. The summed E-state index contributed by atoms with van der Waals surface area (Å²) in [5.74, 6) is -1.27. The molecule has 0 radical (unpaired) electrons. The number of esters is 1. The second-order valence-corrected chi connectivity index (χ2v) is 2.57. The normalized spacial score (nSPS) is 10.3. The van der Waals surface area contributed by atoms with E-state index in [1.807, 2.05) is 0 Å². The first kappa shape index (κ1) is 10.4. The highest BCUT2D eigenvalue weighted by molar-refractivity contribution is 5.92. The van der Waals surface area contributed by atoms with Gasteiger partial charge in [-0.25, -0.2) is 13.6 Å². The van der Waals surface area contributed by atoms with E-state index in [1.165, 1.54) is 0 Å². The van der Waals surface area contributed by atoms with E-state index in [9.17, 15) is 18.7 Å². The van der Waals surface area contributed by atoms with Crippen LogP contribution in [-0.4, -0.2) is 18.2 Å². The van der Waals surface area contributed by atoms with Crippen molar-refractivity contribution in [2.45, 2.75) is 6.43 Å². The third-order valence-corrected chi connectivity index (χ3v) is 1.68.